The van der Waals surface area contributed by atoms with E-state index in [1.807, 2.05) is 0 Å². The van der Waals surface area contributed by atoms with Crippen LogP contribution in [0.15, 0.2) is 0 Å². The van der Waals surface area contributed by atoms with E-state index in [2.05, 4.69) is 31.0 Å². The molecule has 2 nitrogen and oxygen atoms in total. The van der Waals surface area contributed by atoms with Crippen LogP contribution < -0.4 is 5.32 Å². The Bertz CT molecular complexity index is 253. The molecule has 1 aliphatic carbocycles. The van der Waals surface area contributed by atoms with Crippen molar-refractivity contribution in [1.29, 1.82) is 0 Å². The van der Waals surface area contributed by atoms with Crippen LogP contribution in [0.3, 0.4) is 0 Å². The van der Waals surface area contributed by atoms with Gasteiger partial charge in [0.05, 0.1) is 0 Å². The van der Waals surface area contributed by atoms with Crippen molar-refractivity contribution >= 4 is 0 Å². The van der Waals surface area contributed by atoms with E-state index < -0.39 is 0 Å². The average Bonchev–Trinajstić information content (AvgIpc) is 2.86. The van der Waals surface area contributed by atoms with Crippen molar-refractivity contribution in [3.63, 3.8) is 0 Å². The third-order valence-corrected chi connectivity index (χ3v) is 5.35. The molecule has 1 saturated heterocycles. The van der Waals surface area contributed by atoms with E-state index in [9.17, 15) is 0 Å². The van der Waals surface area contributed by atoms with E-state index >= 15 is 0 Å². The van der Waals surface area contributed by atoms with Gasteiger partial charge < -0.3 is 5.32 Å². The van der Waals surface area contributed by atoms with Gasteiger partial charge in [0.1, 0.15) is 0 Å². The number of fused-ring (bicyclic) bond motifs is 1. The molecule has 0 spiro atoms. The molecule has 1 heterocycles. The van der Waals surface area contributed by atoms with Crippen LogP contribution in [0.25, 0.3) is 0 Å². The number of hydrogen-bond acceptors (Lipinski definition) is 2. The predicted octanol–water partition coefficient (Wildman–Crippen LogP) is 3.28. The molecule has 1 aliphatic heterocycles. The average molecular weight is 252 g/mol. The molecule has 2 aliphatic rings. The second kappa shape index (κ2) is 6.38. The highest BCUT2D eigenvalue weighted by molar-refractivity contribution is 4.92. The van der Waals surface area contributed by atoms with Gasteiger partial charge >= 0.3 is 0 Å². The number of piperidine rings is 1. The van der Waals surface area contributed by atoms with E-state index in [-0.39, 0.29) is 0 Å². The summed E-state index contributed by atoms with van der Waals surface area (Å²) in [5, 5.41) is 3.56. The molecular weight excluding hydrogens is 220 g/mol. The smallest absolute Gasteiger partial charge is 0.0124 e. The summed E-state index contributed by atoms with van der Waals surface area (Å²) in [6.07, 6.45) is 8.65. The molecule has 106 valence electrons. The summed E-state index contributed by atoms with van der Waals surface area (Å²) < 4.78 is 0. The summed E-state index contributed by atoms with van der Waals surface area (Å²) in [6, 6.07) is 0.922. The van der Waals surface area contributed by atoms with Gasteiger partial charge in [0.2, 0.25) is 0 Å². The molecule has 0 aromatic carbocycles. The second-order valence-corrected chi connectivity index (χ2v) is 6.82. The fraction of sp³-hybridized carbons (Fsp3) is 1.00. The SMILES string of the molecule is CCNCC(C)(CC)CN1CCCC2CCCC21. The summed E-state index contributed by atoms with van der Waals surface area (Å²) in [5.74, 6) is 1.03. The summed E-state index contributed by atoms with van der Waals surface area (Å²) in [6.45, 7) is 12.0. The predicted molar refractivity (Wildman–Crippen MR) is 78.9 cm³/mol. The van der Waals surface area contributed by atoms with Gasteiger partial charge in [-0.25, -0.2) is 0 Å². The summed E-state index contributed by atoms with van der Waals surface area (Å²) in [7, 11) is 0. The van der Waals surface area contributed by atoms with Crippen molar-refractivity contribution in [2.24, 2.45) is 11.3 Å². The van der Waals surface area contributed by atoms with Crippen LogP contribution in [-0.4, -0.2) is 37.1 Å². The van der Waals surface area contributed by atoms with Crippen molar-refractivity contribution in [3.8, 4) is 0 Å². The number of nitrogens with one attached hydrogen (secondary N) is 1. The second-order valence-electron chi connectivity index (χ2n) is 6.82. The lowest BCUT2D eigenvalue weighted by Gasteiger charge is -2.43. The number of hydrogen-bond donors (Lipinski definition) is 1. The fourth-order valence-corrected chi connectivity index (χ4v) is 3.96. The zero-order valence-corrected chi connectivity index (χ0v) is 12.7. The number of likely N-dealkylation sites (tertiary alicyclic amines) is 1. The minimum Gasteiger partial charge on any atom is -0.316 e. The quantitative estimate of drug-likeness (QED) is 0.780. The van der Waals surface area contributed by atoms with E-state index in [1.165, 1.54) is 58.2 Å². The first kappa shape index (κ1) is 14.3. The van der Waals surface area contributed by atoms with E-state index in [0.717, 1.165) is 18.5 Å². The van der Waals surface area contributed by atoms with Crippen LogP contribution >= 0.6 is 0 Å². The maximum absolute atomic E-state index is 3.56. The largest absolute Gasteiger partial charge is 0.316 e. The van der Waals surface area contributed by atoms with Gasteiger partial charge in [-0.15, -0.1) is 0 Å². The standard InChI is InChI=1S/C16H32N2/c1-4-16(3,12-17-5-2)13-18-11-7-9-14-8-6-10-15(14)18/h14-15,17H,4-13H2,1-3H3. The van der Waals surface area contributed by atoms with Gasteiger partial charge in [-0.2, -0.15) is 0 Å². The van der Waals surface area contributed by atoms with Crippen molar-refractivity contribution in [2.45, 2.75) is 65.3 Å². The molecule has 0 radical (unpaired) electrons. The van der Waals surface area contributed by atoms with Gasteiger partial charge in [-0.3, -0.25) is 4.90 Å². The first-order chi connectivity index (χ1) is 8.68. The van der Waals surface area contributed by atoms with Gasteiger partial charge in [0.25, 0.3) is 0 Å². The molecule has 0 bridgehead atoms. The molecule has 3 unspecified atom stereocenters. The Morgan fingerprint density at radius 2 is 1.94 bits per heavy atom. The zero-order chi connectivity index (χ0) is 13.0. The molecular formula is C16H32N2. The lowest BCUT2D eigenvalue weighted by atomic mass is 9.83. The van der Waals surface area contributed by atoms with E-state index in [1.54, 1.807) is 0 Å². The molecule has 0 amide bonds. The third kappa shape index (κ3) is 3.27. The lowest BCUT2D eigenvalue weighted by molar-refractivity contribution is 0.0632. The fourth-order valence-electron chi connectivity index (χ4n) is 3.96. The van der Waals surface area contributed by atoms with E-state index in [0.29, 0.717) is 5.41 Å². The Kier molecular flexibility index (Phi) is 5.08. The molecule has 18 heavy (non-hydrogen) atoms. The Hall–Kier alpha value is -0.0800. The molecule has 0 aromatic heterocycles. The first-order valence-corrected chi connectivity index (χ1v) is 8.13. The highest BCUT2D eigenvalue weighted by atomic mass is 15.2. The number of nitrogens with zero attached hydrogens (tertiary/aromatic N) is 1. The van der Waals surface area contributed by atoms with Gasteiger partial charge in [0.15, 0.2) is 0 Å². The molecule has 0 aromatic rings. The van der Waals surface area contributed by atoms with Crippen molar-refractivity contribution < 1.29 is 0 Å². The maximum Gasteiger partial charge on any atom is 0.0124 e. The molecule has 2 fully saturated rings. The molecule has 1 saturated carbocycles. The van der Waals surface area contributed by atoms with Crippen LogP contribution in [0, 0.1) is 11.3 Å². The molecule has 2 heteroatoms. The van der Waals surface area contributed by atoms with Crippen LogP contribution in [0.2, 0.25) is 0 Å². The van der Waals surface area contributed by atoms with Gasteiger partial charge in [-0.05, 0) is 56.5 Å². The highest BCUT2D eigenvalue weighted by Gasteiger charge is 2.37. The minimum atomic E-state index is 0.459. The lowest BCUT2D eigenvalue weighted by Crippen LogP contribution is -2.49. The van der Waals surface area contributed by atoms with Gasteiger partial charge in [0, 0.05) is 19.1 Å². The number of rotatable bonds is 6. The Labute approximate surface area is 114 Å². The van der Waals surface area contributed by atoms with E-state index in [4.69, 9.17) is 0 Å². The highest BCUT2D eigenvalue weighted by Crippen LogP contribution is 2.38. The van der Waals surface area contributed by atoms with Crippen molar-refractivity contribution in [2.75, 3.05) is 26.2 Å². The third-order valence-electron chi connectivity index (χ3n) is 5.35. The summed E-state index contributed by atoms with van der Waals surface area (Å²) >= 11 is 0. The van der Waals surface area contributed by atoms with Crippen LogP contribution in [0.1, 0.15) is 59.3 Å². The minimum absolute atomic E-state index is 0.459. The molecule has 3 atom stereocenters. The Balaban J connectivity index is 1.93. The molecule has 1 N–H and O–H groups in total. The summed E-state index contributed by atoms with van der Waals surface area (Å²) in [5.41, 5.74) is 0.459. The maximum atomic E-state index is 3.56. The first-order valence-electron chi connectivity index (χ1n) is 8.13. The zero-order valence-electron chi connectivity index (χ0n) is 12.7. The van der Waals surface area contributed by atoms with Crippen LogP contribution in [0.5, 0.6) is 0 Å². The van der Waals surface area contributed by atoms with Crippen molar-refractivity contribution in [3.05, 3.63) is 0 Å². The van der Waals surface area contributed by atoms with Crippen molar-refractivity contribution in [1.82, 2.24) is 10.2 Å². The monoisotopic (exact) mass is 252 g/mol. The van der Waals surface area contributed by atoms with Crippen LogP contribution in [-0.2, 0) is 0 Å². The summed E-state index contributed by atoms with van der Waals surface area (Å²) in [4.78, 5) is 2.84. The Morgan fingerprint density at radius 3 is 2.67 bits per heavy atom. The topological polar surface area (TPSA) is 15.3 Å². The van der Waals surface area contributed by atoms with Gasteiger partial charge in [-0.1, -0.05) is 27.2 Å². The molecule has 2 rings (SSSR count). The van der Waals surface area contributed by atoms with Crippen LogP contribution in [0.4, 0.5) is 0 Å². The Morgan fingerprint density at radius 1 is 1.17 bits per heavy atom. The normalized spacial score (nSPS) is 32.2.